The van der Waals surface area contributed by atoms with Crippen LogP contribution in [-0.2, 0) is 4.79 Å². The van der Waals surface area contributed by atoms with Crippen LogP contribution in [0.25, 0.3) is 0 Å². The van der Waals surface area contributed by atoms with Crippen LogP contribution in [0, 0.1) is 0 Å². The van der Waals surface area contributed by atoms with Crippen molar-refractivity contribution in [2.75, 3.05) is 38.7 Å². The maximum atomic E-state index is 12.1. The van der Waals surface area contributed by atoms with Crippen LogP contribution in [0.2, 0.25) is 0 Å². The van der Waals surface area contributed by atoms with Crippen molar-refractivity contribution in [2.45, 2.75) is 12.8 Å². The van der Waals surface area contributed by atoms with Gasteiger partial charge in [-0.3, -0.25) is 9.59 Å². The van der Waals surface area contributed by atoms with Gasteiger partial charge in [0.1, 0.15) is 5.75 Å². The lowest BCUT2D eigenvalue weighted by molar-refractivity contribution is -0.120. The lowest BCUT2D eigenvalue weighted by atomic mass is 10.2. The summed E-state index contributed by atoms with van der Waals surface area (Å²) in [6, 6.07) is 17.1. The van der Waals surface area contributed by atoms with E-state index in [-0.39, 0.29) is 24.8 Å². The van der Waals surface area contributed by atoms with Gasteiger partial charge in [-0.1, -0.05) is 30.3 Å². The molecule has 0 atom stereocenters. The quantitative estimate of drug-likeness (QED) is 0.631. The average Bonchev–Trinajstić information content (AvgIpc) is 2.71. The first kappa shape index (κ1) is 20.3. The molecule has 2 N–H and O–H groups in total. The molecule has 0 radical (unpaired) electrons. The Labute approximate surface area is 160 Å². The van der Waals surface area contributed by atoms with Gasteiger partial charge in [-0.25, -0.2) is 0 Å². The zero-order valence-electron chi connectivity index (χ0n) is 15.9. The van der Waals surface area contributed by atoms with Crippen LogP contribution in [0.1, 0.15) is 23.2 Å². The number of methoxy groups -OCH3 is 1. The van der Waals surface area contributed by atoms with Gasteiger partial charge in [0.15, 0.2) is 0 Å². The molecule has 0 saturated carbocycles. The summed E-state index contributed by atoms with van der Waals surface area (Å²) in [4.78, 5) is 26.2. The zero-order chi connectivity index (χ0) is 19.5. The molecule has 6 heteroatoms. The SMILES string of the molecule is COc1ccccc1C(=O)NCCC(=O)NCCCN(C)c1ccccc1. The predicted octanol–water partition coefficient (Wildman–Crippen LogP) is 2.46. The Balaban J connectivity index is 1.61. The fourth-order valence-corrected chi connectivity index (χ4v) is 2.66. The summed E-state index contributed by atoms with van der Waals surface area (Å²) in [5.74, 6) is 0.199. The molecular weight excluding hydrogens is 342 g/mol. The predicted molar refractivity (Wildman–Crippen MR) is 107 cm³/mol. The van der Waals surface area contributed by atoms with Crippen molar-refractivity contribution >= 4 is 17.5 Å². The number of hydrogen-bond acceptors (Lipinski definition) is 4. The van der Waals surface area contributed by atoms with Crippen molar-refractivity contribution < 1.29 is 14.3 Å². The third kappa shape index (κ3) is 6.66. The minimum absolute atomic E-state index is 0.0716. The molecule has 0 heterocycles. The van der Waals surface area contributed by atoms with Crippen molar-refractivity contribution in [3.05, 3.63) is 60.2 Å². The van der Waals surface area contributed by atoms with Crippen molar-refractivity contribution in [3.8, 4) is 5.75 Å². The lowest BCUT2D eigenvalue weighted by Gasteiger charge is -2.19. The van der Waals surface area contributed by atoms with Gasteiger partial charge >= 0.3 is 0 Å². The van der Waals surface area contributed by atoms with E-state index < -0.39 is 0 Å². The molecule has 0 fully saturated rings. The second kappa shape index (κ2) is 10.9. The van der Waals surface area contributed by atoms with E-state index in [0.29, 0.717) is 17.9 Å². The van der Waals surface area contributed by atoms with Gasteiger partial charge in [0.25, 0.3) is 5.91 Å². The molecule has 2 aromatic rings. The molecule has 0 aliphatic carbocycles. The van der Waals surface area contributed by atoms with E-state index in [4.69, 9.17) is 4.74 Å². The minimum Gasteiger partial charge on any atom is -0.496 e. The maximum Gasteiger partial charge on any atom is 0.255 e. The summed E-state index contributed by atoms with van der Waals surface area (Å²) in [7, 11) is 3.55. The monoisotopic (exact) mass is 369 g/mol. The molecule has 6 nitrogen and oxygen atoms in total. The molecule has 0 aliphatic rings. The number of para-hydroxylation sites is 2. The molecule has 2 aromatic carbocycles. The Morgan fingerprint density at radius 2 is 1.67 bits per heavy atom. The second-order valence-electron chi connectivity index (χ2n) is 6.17. The zero-order valence-corrected chi connectivity index (χ0v) is 15.9. The number of ether oxygens (including phenoxy) is 1. The van der Waals surface area contributed by atoms with Gasteiger partial charge in [0.2, 0.25) is 5.91 Å². The fourth-order valence-electron chi connectivity index (χ4n) is 2.66. The van der Waals surface area contributed by atoms with Crippen LogP contribution < -0.4 is 20.3 Å². The first-order valence-corrected chi connectivity index (χ1v) is 9.06. The third-order valence-electron chi connectivity index (χ3n) is 4.18. The molecule has 0 aromatic heterocycles. The summed E-state index contributed by atoms with van der Waals surface area (Å²) in [5, 5.41) is 5.63. The van der Waals surface area contributed by atoms with E-state index in [2.05, 4.69) is 27.7 Å². The summed E-state index contributed by atoms with van der Waals surface area (Å²) >= 11 is 0. The Kier molecular flexibility index (Phi) is 8.16. The highest BCUT2D eigenvalue weighted by molar-refractivity contribution is 5.97. The summed E-state index contributed by atoms with van der Waals surface area (Å²) in [6.07, 6.45) is 1.10. The van der Waals surface area contributed by atoms with Crippen LogP contribution in [0.4, 0.5) is 5.69 Å². The van der Waals surface area contributed by atoms with Gasteiger partial charge in [-0.05, 0) is 30.7 Å². The van der Waals surface area contributed by atoms with Gasteiger partial charge in [-0.2, -0.15) is 0 Å². The highest BCUT2D eigenvalue weighted by Crippen LogP contribution is 2.16. The van der Waals surface area contributed by atoms with E-state index in [1.54, 1.807) is 24.3 Å². The minimum atomic E-state index is -0.246. The Morgan fingerprint density at radius 3 is 2.41 bits per heavy atom. The molecule has 0 saturated heterocycles. The molecule has 0 aliphatic heterocycles. The summed E-state index contributed by atoms with van der Waals surface area (Å²) in [6.45, 7) is 1.75. The van der Waals surface area contributed by atoms with Crippen molar-refractivity contribution in [3.63, 3.8) is 0 Å². The number of anilines is 1. The first-order valence-electron chi connectivity index (χ1n) is 9.06. The van der Waals surface area contributed by atoms with E-state index in [9.17, 15) is 9.59 Å². The highest BCUT2D eigenvalue weighted by Gasteiger charge is 2.11. The first-order chi connectivity index (χ1) is 13.1. The maximum absolute atomic E-state index is 12.1. The van der Waals surface area contributed by atoms with E-state index in [1.165, 1.54) is 7.11 Å². The highest BCUT2D eigenvalue weighted by atomic mass is 16.5. The van der Waals surface area contributed by atoms with Gasteiger partial charge in [-0.15, -0.1) is 0 Å². The standard InChI is InChI=1S/C21H27N3O3/c1-24(17-9-4-3-5-10-17)16-8-14-22-20(25)13-15-23-21(26)18-11-6-7-12-19(18)27-2/h3-7,9-12H,8,13-16H2,1-2H3,(H,22,25)(H,23,26). The Hall–Kier alpha value is -3.02. The van der Waals surface area contributed by atoms with Crippen molar-refractivity contribution in [2.24, 2.45) is 0 Å². The van der Waals surface area contributed by atoms with Crippen molar-refractivity contribution in [1.82, 2.24) is 10.6 Å². The van der Waals surface area contributed by atoms with Crippen LogP contribution in [-0.4, -0.2) is 45.6 Å². The van der Waals surface area contributed by atoms with Crippen LogP contribution in [0.15, 0.2) is 54.6 Å². The number of nitrogens with one attached hydrogen (secondary N) is 2. The number of amides is 2. The van der Waals surface area contributed by atoms with Gasteiger partial charge in [0, 0.05) is 38.8 Å². The third-order valence-corrected chi connectivity index (χ3v) is 4.18. The van der Waals surface area contributed by atoms with E-state index in [1.807, 2.05) is 25.2 Å². The topological polar surface area (TPSA) is 70.7 Å². The number of benzene rings is 2. The van der Waals surface area contributed by atoms with E-state index in [0.717, 1.165) is 18.7 Å². The molecule has 0 unspecified atom stereocenters. The largest absolute Gasteiger partial charge is 0.496 e. The molecule has 144 valence electrons. The van der Waals surface area contributed by atoms with E-state index >= 15 is 0 Å². The van der Waals surface area contributed by atoms with Crippen LogP contribution in [0.3, 0.4) is 0 Å². The van der Waals surface area contributed by atoms with Crippen LogP contribution in [0.5, 0.6) is 5.75 Å². The summed E-state index contributed by atoms with van der Waals surface area (Å²) < 4.78 is 5.17. The number of hydrogen-bond donors (Lipinski definition) is 2. The average molecular weight is 369 g/mol. The molecule has 27 heavy (non-hydrogen) atoms. The van der Waals surface area contributed by atoms with Gasteiger partial charge in [0.05, 0.1) is 12.7 Å². The number of carbonyl (C=O) groups is 2. The summed E-state index contributed by atoms with van der Waals surface area (Å²) in [5.41, 5.74) is 1.62. The molecule has 2 amide bonds. The second-order valence-corrected chi connectivity index (χ2v) is 6.17. The normalized spacial score (nSPS) is 10.1. The van der Waals surface area contributed by atoms with Crippen molar-refractivity contribution in [1.29, 1.82) is 0 Å². The number of carbonyl (C=O) groups excluding carboxylic acids is 2. The molecule has 0 bridgehead atoms. The lowest BCUT2D eigenvalue weighted by Crippen LogP contribution is -2.32. The Morgan fingerprint density at radius 1 is 0.963 bits per heavy atom. The molecular formula is C21H27N3O3. The fraction of sp³-hybridized carbons (Fsp3) is 0.333. The molecule has 0 spiro atoms. The number of nitrogens with zero attached hydrogens (tertiary/aromatic N) is 1. The molecule has 2 rings (SSSR count). The Bertz CT molecular complexity index is 734. The van der Waals surface area contributed by atoms with Gasteiger partial charge < -0.3 is 20.3 Å². The number of rotatable bonds is 10. The smallest absolute Gasteiger partial charge is 0.255 e. The van der Waals surface area contributed by atoms with Crippen LogP contribution >= 0.6 is 0 Å².